The molecule has 0 aliphatic carbocycles. The fraction of sp³-hybridized carbons (Fsp3) is 0.692. The standard InChI is InChI=1S/C13H21N3OS.2ClH/c1-4-5-12-15-8-11(18-12)13(17)16-7-6-14-9(2)10(16)3;;/h8-10,14H,4-7H2,1-3H3;2*1H. The van der Waals surface area contributed by atoms with Crippen LogP contribution in [0.1, 0.15) is 41.9 Å². The maximum absolute atomic E-state index is 12.4. The van der Waals surface area contributed by atoms with Gasteiger partial charge in [0.05, 0.1) is 11.2 Å². The second-order valence-corrected chi connectivity index (χ2v) is 5.97. The smallest absolute Gasteiger partial charge is 0.265 e. The van der Waals surface area contributed by atoms with Crippen LogP contribution in [0.3, 0.4) is 0 Å². The van der Waals surface area contributed by atoms with Crippen LogP contribution in [-0.2, 0) is 6.42 Å². The molecule has 1 N–H and O–H groups in total. The van der Waals surface area contributed by atoms with E-state index in [1.165, 1.54) is 11.3 Å². The van der Waals surface area contributed by atoms with Crippen molar-refractivity contribution in [3.63, 3.8) is 0 Å². The molecule has 0 radical (unpaired) electrons. The number of hydrogen-bond acceptors (Lipinski definition) is 4. The van der Waals surface area contributed by atoms with Gasteiger partial charge in [0.1, 0.15) is 4.88 Å². The zero-order valence-corrected chi connectivity index (χ0v) is 14.5. The van der Waals surface area contributed by atoms with Crippen LogP contribution in [0.15, 0.2) is 6.20 Å². The quantitative estimate of drug-likeness (QED) is 0.920. The highest BCUT2D eigenvalue weighted by molar-refractivity contribution is 7.13. The van der Waals surface area contributed by atoms with Gasteiger partial charge in [0.25, 0.3) is 5.91 Å². The van der Waals surface area contributed by atoms with Crippen molar-refractivity contribution >= 4 is 42.1 Å². The molecular formula is C13H23Cl2N3OS. The molecule has 7 heteroatoms. The lowest BCUT2D eigenvalue weighted by molar-refractivity contribution is 0.0607. The van der Waals surface area contributed by atoms with Crippen LogP contribution >= 0.6 is 36.2 Å². The predicted molar refractivity (Wildman–Crippen MR) is 88.6 cm³/mol. The monoisotopic (exact) mass is 339 g/mol. The van der Waals surface area contributed by atoms with E-state index in [-0.39, 0.29) is 36.8 Å². The summed E-state index contributed by atoms with van der Waals surface area (Å²) in [5.74, 6) is 0.135. The molecule has 2 unspecified atom stereocenters. The van der Waals surface area contributed by atoms with Crippen molar-refractivity contribution < 1.29 is 4.79 Å². The molecule has 1 amide bonds. The van der Waals surface area contributed by atoms with E-state index in [2.05, 4.69) is 31.1 Å². The second kappa shape index (κ2) is 8.82. The van der Waals surface area contributed by atoms with Crippen molar-refractivity contribution in [1.29, 1.82) is 0 Å². The van der Waals surface area contributed by atoms with Crippen molar-refractivity contribution in [3.05, 3.63) is 16.1 Å². The zero-order chi connectivity index (χ0) is 13.1. The van der Waals surface area contributed by atoms with Crippen molar-refractivity contribution in [3.8, 4) is 0 Å². The highest BCUT2D eigenvalue weighted by Crippen LogP contribution is 2.19. The number of carbonyl (C=O) groups excluding carboxylic acids is 1. The van der Waals surface area contributed by atoms with Gasteiger partial charge in [0, 0.05) is 25.2 Å². The van der Waals surface area contributed by atoms with Gasteiger partial charge < -0.3 is 10.2 Å². The minimum atomic E-state index is 0. The maximum atomic E-state index is 12.4. The molecule has 1 saturated heterocycles. The predicted octanol–water partition coefficient (Wildman–Crippen LogP) is 2.76. The summed E-state index contributed by atoms with van der Waals surface area (Å²) in [6, 6.07) is 0.591. The molecule has 2 heterocycles. The number of carbonyl (C=O) groups is 1. The number of aromatic nitrogens is 1. The number of piperazine rings is 1. The molecule has 0 spiro atoms. The molecular weight excluding hydrogens is 317 g/mol. The summed E-state index contributed by atoms with van der Waals surface area (Å²) >= 11 is 1.54. The number of thiazole rings is 1. The minimum Gasteiger partial charge on any atom is -0.332 e. The molecule has 1 aliphatic rings. The molecule has 2 atom stereocenters. The van der Waals surface area contributed by atoms with Gasteiger partial charge in [-0.3, -0.25) is 4.79 Å². The molecule has 2 rings (SSSR count). The lowest BCUT2D eigenvalue weighted by Crippen LogP contribution is -2.57. The number of amides is 1. The van der Waals surface area contributed by atoms with E-state index in [1.807, 2.05) is 4.90 Å². The molecule has 20 heavy (non-hydrogen) atoms. The number of aryl methyl sites for hydroxylation is 1. The van der Waals surface area contributed by atoms with E-state index in [1.54, 1.807) is 6.20 Å². The Labute approximate surface area is 137 Å². The van der Waals surface area contributed by atoms with Gasteiger partial charge in [0.2, 0.25) is 0 Å². The minimum absolute atomic E-state index is 0. The van der Waals surface area contributed by atoms with Gasteiger partial charge in [-0.05, 0) is 26.7 Å². The second-order valence-electron chi connectivity index (χ2n) is 4.85. The van der Waals surface area contributed by atoms with Gasteiger partial charge in [0.15, 0.2) is 0 Å². The van der Waals surface area contributed by atoms with Gasteiger partial charge in [-0.15, -0.1) is 36.2 Å². The summed E-state index contributed by atoms with van der Waals surface area (Å²) in [7, 11) is 0. The Kier molecular flexibility index (Phi) is 8.66. The van der Waals surface area contributed by atoms with E-state index < -0.39 is 0 Å². The lowest BCUT2D eigenvalue weighted by atomic mass is 10.1. The van der Waals surface area contributed by atoms with Crippen LogP contribution in [0, 0.1) is 0 Å². The van der Waals surface area contributed by atoms with E-state index in [9.17, 15) is 4.79 Å². The Morgan fingerprint density at radius 2 is 2.20 bits per heavy atom. The van der Waals surface area contributed by atoms with Crippen LogP contribution in [0.25, 0.3) is 0 Å². The van der Waals surface area contributed by atoms with Gasteiger partial charge in [-0.25, -0.2) is 4.98 Å². The van der Waals surface area contributed by atoms with Gasteiger partial charge >= 0.3 is 0 Å². The first-order valence-electron chi connectivity index (χ1n) is 6.62. The third kappa shape index (κ3) is 4.32. The number of hydrogen-bond donors (Lipinski definition) is 1. The van der Waals surface area contributed by atoms with E-state index in [0.29, 0.717) is 6.04 Å². The number of nitrogens with one attached hydrogen (secondary N) is 1. The number of halogens is 2. The van der Waals surface area contributed by atoms with Crippen molar-refractivity contribution in [2.45, 2.75) is 45.7 Å². The fourth-order valence-corrected chi connectivity index (χ4v) is 3.20. The van der Waals surface area contributed by atoms with Crippen molar-refractivity contribution in [2.75, 3.05) is 13.1 Å². The van der Waals surface area contributed by atoms with E-state index in [4.69, 9.17) is 0 Å². The summed E-state index contributed by atoms with van der Waals surface area (Å²) in [5, 5.41) is 4.45. The van der Waals surface area contributed by atoms with Crippen LogP contribution in [0.2, 0.25) is 0 Å². The van der Waals surface area contributed by atoms with Gasteiger partial charge in [-0.1, -0.05) is 6.92 Å². The summed E-state index contributed by atoms with van der Waals surface area (Å²) in [4.78, 5) is 19.5. The molecule has 0 aromatic carbocycles. The Morgan fingerprint density at radius 1 is 1.50 bits per heavy atom. The molecule has 116 valence electrons. The first kappa shape index (κ1) is 19.6. The highest BCUT2D eigenvalue weighted by atomic mass is 35.5. The fourth-order valence-electron chi connectivity index (χ4n) is 2.22. The molecule has 0 saturated carbocycles. The van der Waals surface area contributed by atoms with Crippen LogP contribution < -0.4 is 5.32 Å². The first-order chi connectivity index (χ1) is 8.63. The SMILES string of the molecule is CCCc1ncc(C(=O)N2CCNC(C)C2C)s1.Cl.Cl. The summed E-state index contributed by atoms with van der Waals surface area (Å²) in [6.45, 7) is 8.01. The lowest BCUT2D eigenvalue weighted by Gasteiger charge is -2.38. The third-order valence-electron chi connectivity index (χ3n) is 3.52. The van der Waals surface area contributed by atoms with Crippen molar-refractivity contribution in [2.24, 2.45) is 0 Å². The van der Waals surface area contributed by atoms with Crippen LogP contribution in [0.5, 0.6) is 0 Å². The molecule has 1 fully saturated rings. The average molecular weight is 340 g/mol. The highest BCUT2D eigenvalue weighted by Gasteiger charge is 2.29. The summed E-state index contributed by atoms with van der Waals surface area (Å²) in [6.07, 6.45) is 3.77. The largest absolute Gasteiger partial charge is 0.332 e. The van der Waals surface area contributed by atoms with Crippen molar-refractivity contribution in [1.82, 2.24) is 15.2 Å². The van der Waals surface area contributed by atoms with Crippen LogP contribution in [0.4, 0.5) is 0 Å². The zero-order valence-electron chi connectivity index (χ0n) is 12.1. The summed E-state index contributed by atoms with van der Waals surface area (Å²) < 4.78 is 0. The summed E-state index contributed by atoms with van der Waals surface area (Å²) in [5.41, 5.74) is 0. The molecule has 1 aromatic rings. The Hall–Kier alpha value is -0.360. The maximum Gasteiger partial charge on any atom is 0.265 e. The Bertz CT molecular complexity index is 428. The molecule has 1 aromatic heterocycles. The van der Waals surface area contributed by atoms with Gasteiger partial charge in [-0.2, -0.15) is 0 Å². The topological polar surface area (TPSA) is 45.2 Å². The average Bonchev–Trinajstić information content (AvgIpc) is 2.81. The normalized spacial score (nSPS) is 21.9. The molecule has 4 nitrogen and oxygen atoms in total. The molecule has 0 bridgehead atoms. The Morgan fingerprint density at radius 3 is 2.85 bits per heavy atom. The molecule has 1 aliphatic heterocycles. The van der Waals surface area contributed by atoms with E-state index in [0.717, 1.165) is 35.8 Å². The Balaban J connectivity index is 0.00000180. The number of nitrogens with zero attached hydrogens (tertiary/aromatic N) is 2. The van der Waals surface area contributed by atoms with Crippen LogP contribution in [-0.4, -0.2) is 41.0 Å². The number of rotatable bonds is 3. The first-order valence-corrected chi connectivity index (χ1v) is 7.44. The van der Waals surface area contributed by atoms with E-state index >= 15 is 0 Å². The third-order valence-corrected chi connectivity index (χ3v) is 4.57.